The van der Waals surface area contributed by atoms with Crippen LogP contribution in [0.3, 0.4) is 0 Å². The molecule has 2 atom stereocenters. The summed E-state index contributed by atoms with van der Waals surface area (Å²) in [5.41, 5.74) is -1.13. The second-order valence-electron chi connectivity index (χ2n) is 4.36. The SMILES string of the molecule is O=C(NC1(C(=O)O)CC1)N1CC(O)C(O)C1. The minimum Gasteiger partial charge on any atom is -0.480 e. The summed E-state index contributed by atoms with van der Waals surface area (Å²) in [6, 6.07) is -0.546. The smallest absolute Gasteiger partial charge is 0.329 e. The van der Waals surface area contributed by atoms with Gasteiger partial charge in [0.05, 0.1) is 25.3 Å². The zero-order valence-corrected chi connectivity index (χ0v) is 8.59. The number of carbonyl (C=O) groups is 2. The van der Waals surface area contributed by atoms with Gasteiger partial charge in [0.2, 0.25) is 0 Å². The highest BCUT2D eigenvalue weighted by atomic mass is 16.4. The predicted molar refractivity (Wildman–Crippen MR) is 51.7 cm³/mol. The van der Waals surface area contributed by atoms with Crippen LogP contribution in [0.2, 0.25) is 0 Å². The van der Waals surface area contributed by atoms with Gasteiger partial charge in [0.25, 0.3) is 0 Å². The first-order chi connectivity index (χ1) is 7.44. The third-order valence-corrected chi connectivity index (χ3v) is 3.05. The molecule has 1 heterocycles. The average Bonchev–Trinajstić information content (AvgIpc) is 2.90. The number of aliphatic hydroxyl groups is 2. The van der Waals surface area contributed by atoms with Crippen molar-refractivity contribution >= 4 is 12.0 Å². The molecule has 0 aromatic heterocycles. The maximum Gasteiger partial charge on any atom is 0.329 e. The second kappa shape index (κ2) is 3.60. The highest BCUT2D eigenvalue weighted by Gasteiger charge is 2.52. The number of β-amino-alcohol motifs (C(OH)–C–C–N with tert-alkyl or cyclic N) is 2. The Bertz CT molecular complexity index is 318. The molecule has 16 heavy (non-hydrogen) atoms. The molecule has 2 rings (SSSR count). The van der Waals surface area contributed by atoms with Crippen LogP contribution < -0.4 is 5.32 Å². The maximum absolute atomic E-state index is 11.6. The molecule has 1 saturated heterocycles. The Labute approximate surface area is 91.7 Å². The van der Waals surface area contributed by atoms with E-state index in [-0.39, 0.29) is 13.1 Å². The molecule has 0 aromatic carbocycles. The van der Waals surface area contributed by atoms with Gasteiger partial charge < -0.3 is 25.5 Å². The van der Waals surface area contributed by atoms with Crippen molar-refractivity contribution in [3.8, 4) is 0 Å². The monoisotopic (exact) mass is 230 g/mol. The molecule has 1 aliphatic heterocycles. The zero-order valence-electron chi connectivity index (χ0n) is 8.59. The van der Waals surface area contributed by atoms with E-state index in [2.05, 4.69) is 5.32 Å². The number of nitrogens with zero attached hydrogens (tertiary/aromatic N) is 1. The Morgan fingerprint density at radius 1 is 1.19 bits per heavy atom. The van der Waals surface area contributed by atoms with E-state index in [4.69, 9.17) is 5.11 Å². The molecule has 2 amide bonds. The number of aliphatic hydroxyl groups excluding tert-OH is 2. The lowest BCUT2D eigenvalue weighted by Gasteiger charge is -2.19. The number of aliphatic carboxylic acids is 1. The fourth-order valence-corrected chi connectivity index (χ4v) is 1.74. The highest BCUT2D eigenvalue weighted by Crippen LogP contribution is 2.35. The molecule has 4 N–H and O–H groups in total. The van der Waals surface area contributed by atoms with E-state index in [1.807, 2.05) is 0 Å². The van der Waals surface area contributed by atoms with Crippen LogP contribution in [0.1, 0.15) is 12.8 Å². The van der Waals surface area contributed by atoms with E-state index < -0.39 is 29.7 Å². The van der Waals surface area contributed by atoms with Crippen molar-refractivity contribution in [3.05, 3.63) is 0 Å². The topological polar surface area (TPSA) is 110 Å². The summed E-state index contributed by atoms with van der Waals surface area (Å²) in [5, 5.41) is 29.8. The quantitative estimate of drug-likeness (QED) is 0.454. The molecule has 7 nitrogen and oxygen atoms in total. The van der Waals surface area contributed by atoms with E-state index in [9.17, 15) is 19.8 Å². The van der Waals surface area contributed by atoms with Crippen LogP contribution in [0.25, 0.3) is 0 Å². The van der Waals surface area contributed by atoms with Gasteiger partial charge in [0.1, 0.15) is 5.54 Å². The maximum atomic E-state index is 11.6. The Hall–Kier alpha value is -1.34. The average molecular weight is 230 g/mol. The number of nitrogens with one attached hydrogen (secondary N) is 1. The van der Waals surface area contributed by atoms with Crippen molar-refractivity contribution in [2.45, 2.75) is 30.6 Å². The molecular weight excluding hydrogens is 216 g/mol. The van der Waals surface area contributed by atoms with Crippen molar-refractivity contribution in [2.75, 3.05) is 13.1 Å². The summed E-state index contributed by atoms with van der Waals surface area (Å²) in [4.78, 5) is 23.7. The predicted octanol–water partition coefficient (Wildman–Crippen LogP) is -1.65. The third kappa shape index (κ3) is 1.83. The first-order valence-corrected chi connectivity index (χ1v) is 5.11. The Morgan fingerprint density at radius 2 is 1.69 bits per heavy atom. The van der Waals surface area contributed by atoms with Crippen LogP contribution in [0.5, 0.6) is 0 Å². The van der Waals surface area contributed by atoms with Crippen LogP contribution in [0.15, 0.2) is 0 Å². The summed E-state index contributed by atoms with van der Waals surface area (Å²) in [6.07, 6.45) is -1.06. The molecule has 2 fully saturated rings. The van der Waals surface area contributed by atoms with E-state index in [1.54, 1.807) is 0 Å². The van der Waals surface area contributed by atoms with Crippen molar-refractivity contribution in [1.82, 2.24) is 10.2 Å². The number of hydrogen-bond donors (Lipinski definition) is 4. The number of hydrogen-bond acceptors (Lipinski definition) is 4. The van der Waals surface area contributed by atoms with Crippen LogP contribution >= 0.6 is 0 Å². The molecule has 1 saturated carbocycles. The lowest BCUT2D eigenvalue weighted by Crippen LogP contribution is -2.49. The van der Waals surface area contributed by atoms with Gasteiger partial charge in [-0.2, -0.15) is 0 Å². The number of carboxylic acid groups (broad SMARTS) is 1. The summed E-state index contributed by atoms with van der Waals surface area (Å²) in [7, 11) is 0. The van der Waals surface area contributed by atoms with Gasteiger partial charge in [0, 0.05) is 0 Å². The molecule has 1 aliphatic carbocycles. The van der Waals surface area contributed by atoms with Gasteiger partial charge in [-0.05, 0) is 12.8 Å². The van der Waals surface area contributed by atoms with Gasteiger partial charge in [-0.3, -0.25) is 0 Å². The van der Waals surface area contributed by atoms with Crippen LogP contribution in [0.4, 0.5) is 4.79 Å². The minimum absolute atomic E-state index is 0.0305. The number of carbonyl (C=O) groups excluding carboxylic acids is 1. The van der Waals surface area contributed by atoms with Crippen LogP contribution in [0, 0.1) is 0 Å². The summed E-state index contributed by atoms with van der Waals surface area (Å²) in [5.74, 6) is -1.04. The standard InChI is InChI=1S/C9H14N2O5/c12-5-3-11(4-6(5)13)8(16)10-9(1-2-9)7(14)15/h5-6,12-13H,1-4H2,(H,10,16)(H,14,15). The van der Waals surface area contributed by atoms with E-state index in [0.717, 1.165) is 0 Å². The summed E-state index contributed by atoms with van der Waals surface area (Å²) < 4.78 is 0. The largest absolute Gasteiger partial charge is 0.480 e. The van der Waals surface area contributed by atoms with E-state index >= 15 is 0 Å². The zero-order chi connectivity index (χ0) is 11.9. The Kier molecular flexibility index (Phi) is 2.51. The summed E-state index contributed by atoms with van der Waals surface area (Å²) >= 11 is 0. The molecule has 90 valence electrons. The van der Waals surface area contributed by atoms with Gasteiger partial charge in [-0.15, -0.1) is 0 Å². The second-order valence-corrected chi connectivity index (χ2v) is 4.36. The highest BCUT2D eigenvalue weighted by molar-refractivity contribution is 5.89. The first-order valence-electron chi connectivity index (χ1n) is 5.11. The van der Waals surface area contributed by atoms with Gasteiger partial charge in [-0.1, -0.05) is 0 Å². The van der Waals surface area contributed by atoms with Gasteiger partial charge >= 0.3 is 12.0 Å². The Morgan fingerprint density at radius 3 is 2.06 bits per heavy atom. The summed E-state index contributed by atoms with van der Waals surface area (Å²) in [6.45, 7) is 0.0609. The molecular formula is C9H14N2O5. The number of amides is 2. The molecule has 2 aliphatic rings. The van der Waals surface area contributed by atoms with Crippen molar-refractivity contribution in [2.24, 2.45) is 0 Å². The van der Waals surface area contributed by atoms with Crippen molar-refractivity contribution in [1.29, 1.82) is 0 Å². The molecule has 0 aromatic rings. The molecule has 7 heteroatoms. The normalized spacial score (nSPS) is 31.2. The van der Waals surface area contributed by atoms with E-state index in [0.29, 0.717) is 12.8 Å². The molecule has 0 radical (unpaired) electrons. The number of likely N-dealkylation sites (tertiary alicyclic amines) is 1. The van der Waals surface area contributed by atoms with Crippen LogP contribution in [-0.2, 0) is 4.79 Å². The van der Waals surface area contributed by atoms with Crippen molar-refractivity contribution < 1.29 is 24.9 Å². The minimum atomic E-state index is -1.13. The van der Waals surface area contributed by atoms with Gasteiger partial charge in [0.15, 0.2) is 0 Å². The van der Waals surface area contributed by atoms with Crippen LogP contribution in [-0.4, -0.2) is 63.1 Å². The lowest BCUT2D eigenvalue weighted by atomic mass is 10.3. The number of carboxylic acids is 1. The molecule has 2 unspecified atom stereocenters. The number of urea groups is 1. The molecule has 0 spiro atoms. The lowest BCUT2D eigenvalue weighted by molar-refractivity contribution is -0.140. The fourth-order valence-electron chi connectivity index (χ4n) is 1.74. The molecule has 0 bridgehead atoms. The Balaban J connectivity index is 1.92. The van der Waals surface area contributed by atoms with Gasteiger partial charge in [-0.25, -0.2) is 9.59 Å². The third-order valence-electron chi connectivity index (χ3n) is 3.05. The number of rotatable bonds is 2. The fraction of sp³-hybridized carbons (Fsp3) is 0.778. The van der Waals surface area contributed by atoms with Crippen molar-refractivity contribution in [3.63, 3.8) is 0 Å². The first kappa shape index (κ1) is 11.2. The van der Waals surface area contributed by atoms with E-state index in [1.165, 1.54) is 4.90 Å².